The zero-order valence-electron chi connectivity index (χ0n) is 22.0. The number of aromatic hydroxyl groups is 9. The van der Waals surface area contributed by atoms with Gasteiger partial charge in [0.2, 0.25) is 5.75 Å². The Morgan fingerprint density at radius 2 is 1.11 bits per heavy atom. The van der Waals surface area contributed by atoms with Crippen LogP contribution in [-0.2, 0) is 6.42 Å². The van der Waals surface area contributed by atoms with E-state index in [-0.39, 0.29) is 34.6 Å². The van der Waals surface area contributed by atoms with Crippen LogP contribution in [0.5, 0.6) is 69.0 Å². The molecular formula is C29H22O15. The molecule has 0 fully saturated rings. The first-order valence-corrected chi connectivity index (χ1v) is 12.4. The summed E-state index contributed by atoms with van der Waals surface area (Å²) in [6.07, 6.45) is -2.87. The third kappa shape index (κ3) is 5.37. The molecule has 0 aromatic heterocycles. The van der Waals surface area contributed by atoms with E-state index < -0.39 is 87.2 Å². The fraction of sp³-hybridized carbons (Fsp3) is 0.103. The van der Waals surface area contributed by atoms with E-state index in [4.69, 9.17) is 14.2 Å². The Hall–Kier alpha value is -6.22. The van der Waals surface area contributed by atoms with Gasteiger partial charge in [0.25, 0.3) is 0 Å². The van der Waals surface area contributed by atoms with E-state index >= 15 is 0 Å². The molecule has 5 rings (SSSR count). The van der Waals surface area contributed by atoms with Crippen molar-refractivity contribution in [2.45, 2.75) is 18.6 Å². The molecule has 0 spiro atoms. The fourth-order valence-electron chi connectivity index (χ4n) is 4.42. The number of hydrogen-bond acceptors (Lipinski definition) is 15. The molecule has 44 heavy (non-hydrogen) atoms. The van der Waals surface area contributed by atoms with Crippen molar-refractivity contribution in [2.75, 3.05) is 0 Å². The Labute approximate surface area is 245 Å². The van der Waals surface area contributed by atoms with E-state index in [0.717, 1.165) is 42.5 Å². The molecule has 1 aliphatic rings. The van der Waals surface area contributed by atoms with Gasteiger partial charge in [-0.1, -0.05) is 0 Å². The number of fused-ring (bicyclic) bond motifs is 1. The lowest BCUT2D eigenvalue weighted by molar-refractivity contribution is 0.0194. The van der Waals surface area contributed by atoms with Gasteiger partial charge in [0, 0.05) is 29.7 Å². The van der Waals surface area contributed by atoms with Crippen LogP contribution in [0.4, 0.5) is 0 Å². The molecule has 10 N–H and O–H groups in total. The summed E-state index contributed by atoms with van der Waals surface area (Å²) in [4.78, 5) is 25.2. The van der Waals surface area contributed by atoms with E-state index in [2.05, 4.69) is 0 Å². The number of esters is 2. The SMILES string of the molecule is O=C(Oc1cc(O)c2c(c1)OC(c1cc(O)c(O)c(OC(=O)c3cc(O)c(O)c(O)c3)c1)C(O)C2)c1cc(O)c(O)c(O)c1. The van der Waals surface area contributed by atoms with Crippen molar-refractivity contribution in [3.63, 3.8) is 0 Å². The smallest absolute Gasteiger partial charge is 0.343 e. The molecule has 0 aliphatic carbocycles. The van der Waals surface area contributed by atoms with Gasteiger partial charge in [0.05, 0.1) is 17.2 Å². The van der Waals surface area contributed by atoms with Crippen molar-refractivity contribution in [3.8, 4) is 69.0 Å². The molecule has 15 heteroatoms. The molecule has 2 unspecified atom stereocenters. The number of rotatable bonds is 5. The minimum absolute atomic E-state index is 0.0189. The lowest BCUT2D eigenvalue weighted by atomic mass is 9.93. The van der Waals surface area contributed by atoms with Gasteiger partial charge in [-0.15, -0.1) is 0 Å². The molecular weight excluding hydrogens is 588 g/mol. The van der Waals surface area contributed by atoms with Crippen LogP contribution in [0, 0.1) is 0 Å². The third-order valence-corrected chi connectivity index (χ3v) is 6.61. The summed E-state index contributed by atoms with van der Waals surface area (Å²) in [5, 5.41) is 99.6. The van der Waals surface area contributed by atoms with Crippen molar-refractivity contribution in [2.24, 2.45) is 0 Å². The predicted molar refractivity (Wildman–Crippen MR) is 144 cm³/mol. The van der Waals surface area contributed by atoms with Crippen molar-refractivity contribution < 1.29 is 74.9 Å². The standard InChI is InChI=1S/C29H22O15/c30-15-7-13(42-28(40)11-2-16(31)24(37)17(32)3-11)8-22-14(15)9-21(36)27(43-22)10-1-20(35)26(39)23(6-10)44-29(41)12-4-18(33)25(38)19(34)5-12/h1-8,21,27,30-39H,9H2. The van der Waals surface area contributed by atoms with Gasteiger partial charge in [0.15, 0.2) is 52.1 Å². The second kappa shape index (κ2) is 10.9. The number of benzene rings is 4. The molecule has 0 amide bonds. The Morgan fingerprint density at radius 1 is 0.614 bits per heavy atom. The maximum absolute atomic E-state index is 12.6. The summed E-state index contributed by atoms with van der Waals surface area (Å²) in [7, 11) is 0. The van der Waals surface area contributed by atoms with Crippen LogP contribution in [0.3, 0.4) is 0 Å². The summed E-state index contributed by atoms with van der Waals surface area (Å²) < 4.78 is 16.1. The lowest BCUT2D eigenvalue weighted by Crippen LogP contribution is -2.30. The van der Waals surface area contributed by atoms with Crippen LogP contribution in [0.15, 0.2) is 48.5 Å². The Morgan fingerprint density at radius 3 is 1.66 bits per heavy atom. The van der Waals surface area contributed by atoms with Gasteiger partial charge in [-0.2, -0.15) is 0 Å². The summed E-state index contributed by atoms with van der Waals surface area (Å²) in [6, 6.07) is 7.56. The lowest BCUT2D eigenvalue weighted by Gasteiger charge is -2.31. The van der Waals surface area contributed by atoms with Crippen LogP contribution in [0.1, 0.15) is 37.9 Å². The highest BCUT2D eigenvalue weighted by Crippen LogP contribution is 2.46. The van der Waals surface area contributed by atoms with Crippen LogP contribution >= 0.6 is 0 Å². The summed E-state index contributed by atoms with van der Waals surface area (Å²) in [6.45, 7) is 0. The molecule has 0 radical (unpaired) electrons. The molecule has 228 valence electrons. The van der Waals surface area contributed by atoms with Gasteiger partial charge < -0.3 is 65.3 Å². The first kappa shape index (κ1) is 29.3. The molecule has 1 aliphatic heterocycles. The van der Waals surface area contributed by atoms with Gasteiger partial charge in [-0.3, -0.25) is 0 Å². The fourth-order valence-corrected chi connectivity index (χ4v) is 4.42. The number of phenols is 9. The van der Waals surface area contributed by atoms with Crippen molar-refractivity contribution >= 4 is 11.9 Å². The number of ether oxygens (including phenoxy) is 3. The van der Waals surface area contributed by atoms with Crippen LogP contribution in [-0.4, -0.2) is 69.1 Å². The van der Waals surface area contributed by atoms with E-state index in [1.807, 2.05) is 0 Å². The molecule has 1 heterocycles. The second-order valence-corrected chi connectivity index (χ2v) is 9.62. The number of carbonyl (C=O) groups is 2. The van der Waals surface area contributed by atoms with E-state index in [1.54, 1.807) is 0 Å². The summed E-state index contributed by atoms with van der Waals surface area (Å²) in [5.74, 6) is -10.3. The third-order valence-electron chi connectivity index (χ3n) is 6.61. The molecule has 2 atom stereocenters. The highest BCUT2D eigenvalue weighted by atomic mass is 16.5. The maximum atomic E-state index is 12.6. The summed E-state index contributed by atoms with van der Waals surface area (Å²) in [5.41, 5.74) is -0.673. The molecule has 15 nitrogen and oxygen atoms in total. The average Bonchev–Trinajstić information content (AvgIpc) is 2.96. The maximum Gasteiger partial charge on any atom is 0.343 e. The van der Waals surface area contributed by atoms with Crippen molar-refractivity contribution in [1.82, 2.24) is 0 Å². The highest BCUT2D eigenvalue weighted by molar-refractivity contribution is 5.93. The topological polar surface area (TPSA) is 264 Å². The number of phenolic OH excluding ortho intramolecular Hbond substituents is 9. The number of aliphatic hydroxyl groups excluding tert-OH is 1. The summed E-state index contributed by atoms with van der Waals surface area (Å²) >= 11 is 0. The average molecular weight is 610 g/mol. The second-order valence-electron chi connectivity index (χ2n) is 9.62. The minimum Gasteiger partial charge on any atom is -0.507 e. The number of hydrogen-bond donors (Lipinski definition) is 10. The van der Waals surface area contributed by atoms with E-state index in [1.165, 1.54) is 6.07 Å². The first-order valence-electron chi connectivity index (χ1n) is 12.4. The van der Waals surface area contributed by atoms with Crippen LogP contribution in [0.25, 0.3) is 0 Å². The van der Waals surface area contributed by atoms with Crippen LogP contribution in [0.2, 0.25) is 0 Å². The molecule has 0 bridgehead atoms. The number of aliphatic hydroxyl groups is 1. The zero-order chi connectivity index (χ0) is 32.0. The zero-order valence-corrected chi connectivity index (χ0v) is 22.0. The van der Waals surface area contributed by atoms with Crippen molar-refractivity contribution in [3.05, 3.63) is 70.8 Å². The molecule has 4 aromatic carbocycles. The molecule has 0 saturated heterocycles. The minimum atomic E-state index is -1.36. The van der Waals surface area contributed by atoms with Crippen molar-refractivity contribution in [1.29, 1.82) is 0 Å². The van der Waals surface area contributed by atoms with E-state index in [0.29, 0.717) is 0 Å². The quantitative estimate of drug-likeness (QED) is 0.0884. The van der Waals surface area contributed by atoms with Gasteiger partial charge in [-0.25, -0.2) is 9.59 Å². The largest absolute Gasteiger partial charge is 0.507 e. The molecule has 0 saturated carbocycles. The van der Waals surface area contributed by atoms with E-state index in [9.17, 15) is 60.7 Å². The molecule has 4 aromatic rings. The normalized spacial score (nSPS) is 15.6. The Kier molecular flexibility index (Phi) is 7.24. The Balaban J connectivity index is 1.42. The highest BCUT2D eigenvalue weighted by Gasteiger charge is 2.34. The monoisotopic (exact) mass is 610 g/mol. The first-order chi connectivity index (χ1) is 20.7. The van der Waals surface area contributed by atoms with Gasteiger partial charge >= 0.3 is 11.9 Å². The van der Waals surface area contributed by atoms with Crippen LogP contribution < -0.4 is 14.2 Å². The number of carbonyl (C=O) groups excluding carboxylic acids is 2. The Bertz CT molecular complexity index is 1780. The predicted octanol–water partition coefficient (Wildman–Crippen LogP) is 2.51. The van der Waals surface area contributed by atoms with Gasteiger partial charge in [-0.05, 0) is 36.4 Å². The van der Waals surface area contributed by atoms with Gasteiger partial charge in [0.1, 0.15) is 17.2 Å².